The molecule has 1 saturated carbocycles. The summed E-state index contributed by atoms with van der Waals surface area (Å²) in [6, 6.07) is 0. The minimum absolute atomic E-state index is 0.194. The molecule has 0 aromatic rings. The molecular weight excluding hydrogens is 110 g/mol. The van der Waals surface area contributed by atoms with Gasteiger partial charge in [-0.2, -0.15) is 0 Å². The van der Waals surface area contributed by atoms with Gasteiger partial charge in [0.15, 0.2) is 0 Å². The third-order valence-electron chi connectivity index (χ3n) is 2.21. The fourth-order valence-electron chi connectivity index (χ4n) is 1.87. The molecular formula is C8H17N. The minimum atomic E-state index is 0.194. The van der Waals surface area contributed by atoms with E-state index in [2.05, 4.69) is 13.8 Å². The zero-order valence-corrected chi connectivity index (χ0v) is 6.48. The summed E-state index contributed by atoms with van der Waals surface area (Å²) in [7, 11) is 0. The molecule has 0 heterocycles. The maximum absolute atomic E-state index is 5.84. The lowest BCUT2D eigenvalue weighted by atomic mass is 9.68. The molecule has 0 atom stereocenters. The maximum Gasteiger partial charge on any atom is 0.0131 e. The average molecular weight is 127 g/mol. The Morgan fingerprint density at radius 3 is 2.44 bits per heavy atom. The maximum atomic E-state index is 5.84. The highest BCUT2D eigenvalue weighted by molar-refractivity contribution is 4.93. The molecule has 0 aromatic heterocycles. The standard InChI is InChI=1S/C8H17N/c1-3-4-7-5-8(2,9)6-7/h7H,3-6,9H2,1-2H3. The van der Waals surface area contributed by atoms with Crippen LogP contribution in [-0.4, -0.2) is 5.54 Å². The van der Waals surface area contributed by atoms with Gasteiger partial charge in [-0.25, -0.2) is 0 Å². The van der Waals surface area contributed by atoms with Crippen LogP contribution in [0, 0.1) is 5.92 Å². The van der Waals surface area contributed by atoms with Crippen LogP contribution in [0.5, 0.6) is 0 Å². The van der Waals surface area contributed by atoms with E-state index in [4.69, 9.17) is 5.73 Å². The highest BCUT2D eigenvalue weighted by atomic mass is 14.8. The Hall–Kier alpha value is -0.0400. The van der Waals surface area contributed by atoms with E-state index in [-0.39, 0.29) is 5.54 Å². The third-order valence-corrected chi connectivity index (χ3v) is 2.21. The van der Waals surface area contributed by atoms with Crippen LogP contribution in [0.25, 0.3) is 0 Å². The van der Waals surface area contributed by atoms with Crippen molar-refractivity contribution >= 4 is 0 Å². The molecule has 1 aliphatic rings. The molecule has 2 N–H and O–H groups in total. The van der Waals surface area contributed by atoms with Crippen LogP contribution in [0.3, 0.4) is 0 Å². The van der Waals surface area contributed by atoms with Crippen molar-refractivity contribution in [2.75, 3.05) is 0 Å². The Bertz CT molecular complexity index is 88.7. The molecule has 0 amide bonds. The van der Waals surface area contributed by atoms with Crippen molar-refractivity contribution in [3.8, 4) is 0 Å². The largest absolute Gasteiger partial charge is 0.325 e. The predicted molar refractivity (Wildman–Crippen MR) is 40.2 cm³/mol. The van der Waals surface area contributed by atoms with E-state index >= 15 is 0 Å². The van der Waals surface area contributed by atoms with Crippen LogP contribution in [0.2, 0.25) is 0 Å². The lowest BCUT2D eigenvalue weighted by Crippen LogP contribution is -2.48. The SMILES string of the molecule is CCCC1CC(C)(N)C1. The van der Waals surface area contributed by atoms with E-state index in [9.17, 15) is 0 Å². The average Bonchev–Trinajstić information content (AvgIpc) is 1.62. The highest BCUT2D eigenvalue weighted by Gasteiger charge is 2.35. The predicted octanol–water partition coefficient (Wildman–Crippen LogP) is 1.91. The Morgan fingerprint density at radius 1 is 1.56 bits per heavy atom. The second kappa shape index (κ2) is 2.30. The third kappa shape index (κ3) is 1.68. The normalized spacial score (nSPS) is 42.3. The quantitative estimate of drug-likeness (QED) is 0.602. The van der Waals surface area contributed by atoms with Crippen LogP contribution < -0.4 is 5.73 Å². The number of rotatable bonds is 2. The van der Waals surface area contributed by atoms with Crippen LogP contribution in [-0.2, 0) is 0 Å². The first-order valence-corrected chi connectivity index (χ1v) is 3.93. The lowest BCUT2D eigenvalue weighted by Gasteiger charge is -2.42. The Morgan fingerprint density at radius 2 is 2.11 bits per heavy atom. The number of hydrogen-bond donors (Lipinski definition) is 1. The van der Waals surface area contributed by atoms with Gasteiger partial charge in [0.25, 0.3) is 0 Å². The molecule has 0 radical (unpaired) electrons. The van der Waals surface area contributed by atoms with Gasteiger partial charge in [-0.3, -0.25) is 0 Å². The van der Waals surface area contributed by atoms with Crippen LogP contribution in [0.1, 0.15) is 39.5 Å². The van der Waals surface area contributed by atoms with Crippen molar-refractivity contribution in [3.05, 3.63) is 0 Å². The van der Waals surface area contributed by atoms with Gasteiger partial charge in [0.05, 0.1) is 0 Å². The van der Waals surface area contributed by atoms with Crippen molar-refractivity contribution in [1.82, 2.24) is 0 Å². The smallest absolute Gasteiger partial charge is 0.0131 e. The summed E-state index contributed by atoms with van der Waals surface area (Å²) in [6.07, 6.45) is 5.20. The molecule has 1 rings (SSSR count). The van der Waals surface area contributed by atoms with Crippen molar-refractivity contribution in [3.63, 3.8) is 0 Å². The Kier molecular flexibility index (Phi) is 1.80. The van der Waals surface area contributed by atoms with E-state index in [0.717, 1.165) is 5.92 Å². The number of hydrogen-bond acceptors (Lipinski definition) is 1. The van der Waals surface area contributed by atoms with Gasteiger partial charge in [-0.15, -0.1) is 0 Å². The molecule has 0 spiro atoms. The molecule has 0 unspecified atom stereocenters. The van der Waals surface area contributed by atoms with Gasteiger partial charge in [0.1, 0.15) is 0 Å². The van der Waals surface area contributed by atoms with Gasteiger partial charge < -0.3 is 5.73 Å². The van der Waals surface area contributed by atoms with Gasteiger partial charge in [-0.1, -0.05) is 19.8 Å². The van der Waals surface area contributed by atoms with Crippen LogP contribution in [0.15, 0.2) is 0 Å². The summed E-state index contributed by atoms with van der Waals surface area (Å²) in [5, 5.41) is 0. The monoisotopic (exact) mass is 127 g/mol. The summed E-state index contributed by atoms with van der Waals surface area (Å²) >= 11 is 0. The van der Waals surface area contributed by atoms with Crippen molar-refractivity contribution in [2.24, 2.45) is 11.7 Å². The van der Waals surface area contributed by atoms with Crippen molar-refractivity contribution in [1.29, 1.82) is 0 Å². The summed E-state index contributed by atoms with van der Waals surface area (Å²) in [5.41, 5.74) is 6.04. The second-order valence-electron chi connectivity index (χ2n) is 3.72. The molecule has 9 heavy (non-hydrogen) atoms. The van der Waals surface area contributed by atoms with Gasteiger partial charge >= 0.3 is 0 Å². The van der Waals surface area contributed by atoms with E-state index < -0.39 is 0 Å². The second-order valence-corrected chi connectivity index (χ2v) is 3.72. The first-order chi connectivity index (χ1) is 4.14. The topological polar surface area (TPSA) is 26.0 Å². The Labute approximate surface area is 57.6 Å². The fraction of sp³-hybridized carbons (Fsp3) is 1.00. The minimum Gasteiger partial charge on any atom is -0.325 e. The van der Waals surface area contributed by atoms with E-state index in [0.29, 0.717) is 0 Å². The molecule has 54 valence electrons. The zero-order valence-electron chi connectivity index (χ0n) is 6.48. The van der Waals surface area contributed by atoms with Crippen molar-refractivity contribution in [2.45, 2.75) is 45.1 Å². The van der Waals surface area contributed by atoms with Gasteiger partial charge in [0, 0.05) is 5.54 Å². The fourth-order valence-corrected chi connectivity index (χ4v) is 1.87. The lowest BCUT2D eigenvalue weighted by molar-refractivity contribution is 0.156. The molecule has 0 aromatic carbocycles. The summed E-state index contributed by atoms with van der Waals surface area (Å²) < 4.78 is 0. The summed E-state index contributed by atoms with van der Waals surface area (Å²) in [5.74, 6) is 0.949. The van der Waals surface area contributed by atoms with Crippen LogP contribution in [0.4, 0.5) is 0 Å². The molecule has 0 saturated heterocycles. The first kappa shape index (κ1) is 7.07. The molecule has 0 bridgehead atoms. The highest BCUT2D eigenvalue weighted by Crippen LogP contribution is 2.37. The van der Waals surface area contributed by atoms with E-state index in [1.807, 2.05) is 0 Å². The van der Waals surface area contributed by atoms with Crippen molar-refractivity contribution < 1.29 is 0 Å². The molecule has 1 heteroatoms. The van der Waals surface area contributed by atoms with E-state index in [1.54, 1.807) is 0 Å². The summed E-state index contributed by atoms with van der Waals surface area (Å²) in [6.45, 7) is 4.39. The van der Waals surface area contributed by atoms with Crippen LogP contribution >= 0.6 is 0 Å². The number of nitrogens with two attached hydrogens (primary N) is 1. The van der Waals surface area contributed by atoms with Gasteiger partial charge in [-0.05, 0) is 25.7 Å². The van der Waals surface area contributed by atoms with E-state index in [1.165, 1.54) is 25.7 Å². The zero-order chi connectivity index (χ0) is 6.91. The van der Waals surface area contributed by atoms with Gasteiger partial charge in [0.2, 0.25) is 0 Å². The molecule has 1 fully saturated rings. The molecule has 1 nitrogen and oxygen atoms in total. The molecule has 1 aliphatic carbocycles. The summed E-state index contributed by atoms with van der Waals surface area (Å²) in [4.78, 5) is 0. The molecule has 0 aliphatic heterocycles. The Balaban J connectivity index is 2.12. The first-order valence-electron chi connectivity index (χ1n) is 3.93.